The van der Waals surface area contributed by atoms with Crippen molar-refractivity contribution >= 4 is 5.69 Å². The van der Waals surface area contributed by atoms with E-state index in [2.05, 4.69) is 15.2 Å². The third kappa shape index (κ3) is 3.58. The van der Waals surface area contributed by atoms with Crippen molar-refractivity contribution in [3.05, 3.63) is 59.7 Å². The number of nitrogens with zero attached hydrogens (tertiary/aromatic N) is 2. The van der Waals surface area contributed by atoms with Gasteiger partial charge in [0, 0.05) is 31.5 Å². The molecule has 1 aromatic heterocycles. The first-order chi connectivity index (χ1) is 10.2. The third-order valence-corrected chi connectivity index (χ3v) is 3.74. The van der Waals surface area contributed by atoms with Crippen LogP contribution in [-0.2, 0) is 6.54 Å². The molecule has 0 saturated carbocycles. The van der Waals surface area contributed by atoms with Crippen LogP contribution in [0.5, 0.6) is 0 Å². The van der Waals surface area contributed by atoms with Gasteiger partial charge in [-0.1, -0.05) is 12.1 Å². The summed E-state index contributed by atoms with van der Waals surface area (Å²) in [5, 5.41) is 3.19. The zero-order valence-corrected chi connectivity index (χ0v) is 12.8. The molecule has 1 heterocycles. The number of benzene rings is 1. The molecule has 0 amide bonds. The van der Waals surface area contributed by atoms with E-state index in [1.54, 1.807) is 18.5 Å². The average Bonchev–Trinajstić information content (AvgIpc) is 2.53. The molecule has 0 aliphatic heterocycles. The summed E-state index contributed by atoms with van der Waals surface area (Å²) < 4.78 is 14.4. The standard InChI is InChI=1S/C17H22FN3/c1-4-21(12-14-8-10-20-11-9-14)17-15(13(2)19-3)6-5-7-16(17)18/h5-11,13,19H,4,12H2,1-3H3. The lowest BCUT2D eigenvalue weighted by atomic mass is 10.0. The Bertz CT molecular complexity index is 572. The van der Waals surface area contributed by atoms with Gasteiger partial charge in [-0.2, -0.15) is 0 Å². The topological polar surface area (TPSA) is 28.2 Å². The van der Waals surface area contributed by atoms with E-state index in [1.807, 2.05) is 39.1 Å². The Morgan fingerprint density at radius 3 is 2.57 bits per heavy atom. The molecule has 1 atom stereocenters. The number of anilines is 1. The zero-order valence-electron chi connectivity index (χ0n) is 12.8. The summed E-state index contributed by atoms with van der Waals surface area (Å²) in [6.45, 7) is 5.50. The van der Waals surface area contributed by atoms with Crippen LogP contribution in [0.2, 0.25) is 0 Å². The first-order valence-electron chi connectivity index (χ1n) is 7.26. The molecule has 0 aliphatic carbocycles. The number of hydrogen-bond acceptors (Lipinski definition) is 3. The maximum absolute atomic E-state index is 14.4. The molecule has 1 aromatic carbocycles. The first-order valence-corrected chi connectivity index (χ1v) is 7.26. The molecule has 2 aromatic rings. The van der Waals surface area contributed by atoms with Crippen molar-refractivity contribution < 1.29 is 4.39 Å². The van der Waals surface area contributed by atoms with E-state index < -0.39 is 0 Å². The molecule has 1 unspecified atom stereocenters. The number of nitrogens with one attached hydrogen (secondary N) is 1. The van der Waals surface area contributed by atoms with E-state index in [-0.39, 0.29) is 11.9 Å². The van der Waals surface area contributed by atoms with Crippen molar-refractivity contribution in [2.45, 2.75) is 26.4 Å². The van der Waals surface area contributed by atoms with Gasteiger partial charge >= 0.3 is 0 Å². The monoisotopic (exact) mass is 287 g/mol. The molecule has 0 radical (unpaired) electrons. The summed E-state index contributed by atoms with van der Waals surface area (Å²) >= 11 is 0. The second kappa shape index (κ2) is 7.18. The number of aromatic nitrogens is 1. The summed E-state index contributed by atoms with van der Waals surface area (Å²) in [6.07, 6.45) is 3.53. The molecule has 0 spiro atoms. The van der Waals surface area contributed by atoms with E-state index >= 15 is 0 Å². The molecule has 21 heavy (non-hydrogen) atoms. The molecule has 3 nitrogen and oxygen atoms in total. The number of para-hydroxylation sites is 1. The highest BCUT2D eigenvalue weighted by molar-refractivity contribution is 5.56. The fourth-order valence-corrected chi connectivity index (χ4v) is 2.43. The Morgan fingerprint density at radius 2 is 1.95 bits per heavy atom. The Labute approximate surface area is 125 Å². The summed E-state index contributed by atoms with van der Waals surface area (Å²) in [5.74, 6) is -0.175. The van der Waals surface area contributed by atoms with Crippen LogP contribution in [0.3, 0.4) is 0 Å². The number of rotatable bonds is 6. The number of halogens is 1. The predicted molar refractivity (Wildman–Crippen MR) is 84.8 cm³/mol. The Morgan fingerprint density at radius 1 is 1.24 bits per heavy atom. The Hall–Kier alpha value is -1.94. The molecule has 0 saturated heterocycles. The van der Waals surface area contributed by atoms with Crippen LogP contribution in [0.1, 0.15) is 31.0 Å². The van der Waals surface area contributed by atoms with Gasteiger partial charge in [-0.15, -0.1) is 0 Å². The minimum Gasteiger partial charge on any atom is -0.365 e. The van der Waals surface area contributed by atoms with Gasteiger partial charge in [0.05, 0.1) is 5.69 Å². The predicted octanol–water partition coefficient (Wildman–Crippen LogP) is 3.53. The van der Waals surface area contributed by atoms with Crippen LogP contribution in [0.15, 0.2) is 42.7 Å². The van der Waals surface area contributed by atoms with Gasteiger partial charge < -0.3 is 10.2 Å². The molecule has 0 aliphatic rings. The summed E-state index contributed by atoms with van der Waals surface area (Å²) in [5.41, 5.74) is 2.78. The highest BCUT2D eigenvalue weighted by atomic mass is 19.1. The fraction of sp³-hybridized carbons (Fsp3) is 0.353. The lowest BCUT2D eigenvalue weighted by Crippen LogP contribution is -2.26. The lowest BCUT2D eigenvalue weighted by molar-refractivity contribution is 0.597. The van der Waals surface area contributed by atoms with Crippen molar-refractivity contribution in [1.29, 1.82) is 0 Å². The van der Waals surface area contributed by atoms with Gasteiger partial charge in [0.25, 0.3) is 0 Å². The molecule has 1 N–H and O–H groups in total. The Kier molecular flexibility index (Phi) is 5.28. The maximum atomic E-state index is 14.4. The number of hydrogen-bond donors (Lipinski definition) is 1. The maximum Gasteiger partial charge on any atom is 0.146 e. The van der Waals surface area contributed by atoms with Crippen molar-refractivity contribution in [2.24, 2.45) is 0 Å². The van der Waals surface area contributed by atoms with Crippen molar-refractivity contribution in [3.63, 3.8) is 0 Å². The van der Waals surface area contributed by atoms with Crippen LogP contribution in [0.25, 0.3) is 0 Å². The van der Waals surface area contributed by atoms with Crippen molar-refractivity contribution in [3.8, 4) is 0 Å². The second-order valence-electron chi connectivity index (χ2n) is 5.06. The van der Waals surface area contributed by atoms with E-state index in [4.69, 9.17) is 0 Å². The van der Waals surface area contributed by atoms with Crippen molar-refractivity contribution in [2.75, 3.05) is 18.5 Å². The second-order valence-corrected chi connectivity index (χ2v) is 5.06. The SMILES string of the molecule is CCN(Cc1ccncc1)c1c(F)cccc1C(C)NC. The summed E-state index contributed by atoms with van der Waals surface area (Å²) in [6, 6.07) is 9.30. The van der Waals surface area contributed by atoms with E-state index in [0.29, 0.717) is 12.2 Å². The largest absolute Gasteiger partial charge is 0.365 e. The van der Waals surface area contributed by atoms with Gasteiger partial charge in [-0.25, -0.2) is 4.39 Å². The van der Waals surface area contributed by atoms with Crippen LogP contribution >= 0.6 is 0 Å². The van der Waals surface area contributed by atoms with Gasteiger partial charge in [-0.05, 0) is 50.2 Å². The van der Waals surface area contributed by atoms with Crippen LogP contribution in [-0.4, -0.2) is 18.6 Å². The van der Waals surface area contributed by atoms with E-state index in [1.165, 1.54) is 6.07 Å². The highest BCUT2D eigenvalue weighted by Crippen LogP contribution is 2.30. The molecular weight excluding hydrogens is 265 g/mol. The molecule has 0 bridgehead atoms. The fourth-order valence-electron chi connectivity index (χ4n) is 2.43. The smallest absolute Gasteiger partial charge is 0.146 e. The summed E-state index contributed by atoms with van der Waals surface area (Å²) in [4.78, 5) is 6.09. The molecule has 4 heteroatoms. The minimum atomic E-state index is -0.175. The lowest BCUT2D eigenvalue weighted by Gasteiger charge is -2.28. The van der Waals surface area contributed by atoms with E-state index in [9.17, 15) is 4.39 Å². The van der Waals surface area contributed by atoms with Crippen LogP contribution < -0.4 is 10.2 Å². The molecule has 2 rings (SSSR count). The molecule has 112 valence electrons. The summed E-state index contributed by atoms with van der Waals surface area (Å²) in [7, 11) is 1.89. The van der Waals surface area contributed by atoms with E-state index in [0.717, 1.165) is 17.7 Å². The van der Waals surface area contributed by atoms with Crippen LogP contribution in [0, 0.1) is 5.82 Å². The van der Waals surface area contributed by atoms with Gasteiger partial charge in [-0.3, -0.25) is 4.98 Å². The molecular formula is C17H22FN3. The first kappa shape index (κ1) is 15.4. The van der Waals surface area contributed by atoms with Crippen molar-refractivity contribution in [1.82, 2.24) is 10.3 Å². The number of pyridine rings is 1. The normalized spacial score (nSPS) is 12.2. The highest BCUT2D eigenvalue weighted by Gasteiger charge is 2.18. The van der Waals surface area contributed by atoms with Gasteiger partial charge in [0.15, 0.2) is 0 Å². The molecule has 0 fully saturated rings. The average molecular weight is 287 g/mol. The Balaban J connectivity index is 2.37. The van der Waals surface area contributed by atoms with Gasteiger partial charge in [0.2, 0.25) is 0 Å². The quantitative estimate of drug-likeness (QED) is 0.881. The van der Waals surface area contributed by atoms with Crippen LogP contribution in [0.4, 0.5) is 10.1 Å². The zero-order chi connectivity index (χ0) is 15.2. The van der Waals surface area contributed by atoms with Gasteiger partial charge in [0.1, 0.15) is 5.82 Å². The minimum absolute atomic E-state index is 0.0993. The third-order valence-electron chi connectivity index (χ3n) is 3.74.